The maximum absolute atomic E-state index is 15.1. The molecule has 2 saturated carbocycles. The van der Waals surface area contributed by atoms with Crippen molar-refractivity contribution in [3.63, 3.8) is 0 Å². The lowest BCUT2D eigenvalue weighted by molar-refractivity contribution is 0.0270. The summed E-state index contributed by atoms with van der Waals surface area (Å²) in [6.07, 6.45) is 9.33. The molecule has 1 aromatic heterocycles. The van der Waals surface area contributed by atoms with Gasteiger partial charge in [0.05, 0.1) is 22.9 Å². The number of piperidine rings is 1. The Labute approximate surface area is 251 Å². The fraction of sp³-hybridized carbons (Fsp3) is 0.516. The standard InChI is InChI=1S/C31H37FN6O4S/c1-2-14-37(15-9-21-3-4-21)43(40,41)36-28-8-6-26(32)29(25(28)19-33)42-23-5-7-27-24(16-23)30(39)38(20-35-27)22-17-31(18-22)10-12-34-13-11-31/h5-8,16,20-22,34,36H,2-4,9-15,17-18H2,1H3. The molecule has 2 N–H and O–H groups in total. The van der Waals surface area contributed by atoms with Crippen LogP contribution in [0, 0.1) is 28.5 Å². The van der Waals surface area contributed by atoms with Crippen LogP contribution < -0.4 is 20.3 Å². The fourth-order valence-electron chi connectivity index (χ4n) is 6.45. The highest BCUT2D eigenvalue weighted by atomic mass is 32.2. The Balaban J connectivity index is 1.25. The van der Waals surface area contributed by atoms with Gasteiger partial charge in [0.25, 0.3) is 5.56 Å². The Morgan fingerprint density at radius 2 is 1.98 bits per heavy atom. The van der Waals surface area contributed by atoms with Gasteiger partial charge in [0.15, 0.2) is 11.6 Å². The summed E-state index contributed by atoms with van der Waals surface area (Å²) >= 11 is 0. The number of ether oxygens (including phenoxy) is 1. The molecule has 0 radical (unpaired) electrons. The highest BCUT2D eigenvalue weighted by Gasteiger charge is 2.45. The summed E-state index contributed by atoms with van der Waals surface area (Å²) in [5.41, 5.74) is 0.210. The van der Waals surface area contributed by atoms with Gasteiger partial charge in [-0.2, -0.15) is 18.0 Å². The lowest BCUT2D eigenvalue weighted by Crippen LogP contribution is -2.47. The van der Waals surface area contributed by atoms with Crippen LogP contribution in [-0.2, 0) is 10.2 Å². The molecule has 0 bridgehead atoms. The Bertz CT molecular complexity index is 1720. The number of nitrogens with one attached hydrogen (secondary N) is 2. The van der Waals surface area contributed by atoms with E-state index >= 15 is 4.39 Å². The van der Waals surface area contributed by atoms with Crippen molar-refractivity contribution in [1.82, 2.24) is 19.2 Å². The van der Waals surface area contributed by atoms with E-state index in [2.05, 4.69) is 15.0 Å². The van der Waals surface area contributed by atoms with E-state index < -0.39 is 21.8 Å². The molecule has 43 heavy (non-hydrogen) atoms. The van der Waals surface area contributed by atoms with Gasteiger partial charge in [-0.25, -0.2) is 9.37 Å². The molecular formula is C31H37FN6O4S. The van der Waals surface area contributed by atoms with E-state index in [9.17, 15) is 18.5 Å². The Hall–Kier alpha value is -3.53. The van der Waals surface area contributed by atoms with E-state index in [1.165, 1.54) is 16.4 Å². The minimum Gasteiger partial charge on any atom is -0.453 e. The molecule has 10 nitrogen and oxygen atoms in total. The summed E-state index contributed by atoms with van der Waals surface area (Å²) in [7, 11) is -4.00. The largest absolute Gasteiger partial charge is 0.453 e. The number of aromatic nitrogens is 2. The number of fused-ring (bicyclic) bond motifs is 1. The van der Waals surface area contributed by atoms with Crippen molar-refractivity contribution >= 4 is 26.8 Å². The molecule has 1 saturated heterocycles. The number of anilines is 1. The summed E-state index contributed by atoms with van der Waals surface area (Å²) < 4.78 is 53.0. The average Bonchev–Trinajstić information content (AvgIpc) is 3.81. The van der Waals surface area contributed by atoms with Crippen molar-refractivity contribution < 1.29 is 17.5 Å². The van der Waals surface area contributed by atoms with Crippen LogP contribution in [0.5, 0.6) is 11.5 Å². The second-order valence-corrected chi connectivity index (χ2v) is 13.9. The van der Waals surface area contributed by atoms with Crippen LogP contribution in [0.15, 0.2) is 41.5 Å². The molecule has 2 aliphatic carbocycles. The van der Waals surface area contributed by atoms with Gasteiger partial charge in [-0.05, 0) is 93.3 Å². The predicted molar refractivity (Wildman–Crippen MR) is 162 cm³/mol. The molecule has 0 unspecified atom stereocenters. The second kappa shape index (κ2) is 11.9. The quantitative estimate of drug-likeness (QED) is 0.311. The summed E-state index contributed by atoms with van der Waals surface area (Å²) in [5.74, 6) is -0.557. The van der Waals surface area contributed by atoms with Crippen LogP contribution in [0.25, 0.3) is 10.9 Å². The first-order chi connectivity index (χ1) is 20.7. The maximum atomic E-state index is 15.1. The first-order valence-corrected chi connectivity index (χ1v) is 16.6. The third-order valence-corrected chi connectivity index (χ3v) is 10.6. The van der Waals surface area contributed by atoms with Gasteiger partial charge < -0.3 is 10.1 Å². The molecule has 3 aliphatic rings. The van der Waals surface area contributed by atoms with Crippen molar-refractivity contribution in [2.75, 3.05) is 30.9 Å². The molecule has 0 atom stereocenters. The summed E-state index contributed by atoms with van der Waals surface area (Å²) in [5, 5.41) is 13.7. The number of nitriles is 1. The van der Waals surface area contributed by atoms with Crippen molar-refractivity contribution in [3.05, 3.63) is 58.4 Å². The second-order valence-electron chi connectivity index (χ2n) is 12.2. The lowest BCUT2D eigenvalue weighted by Gasteiger charge is -2.50. The highest BCUT2D eigenvalue weighted by molar-refractivity contribution is 7.90. The smallest absolute Gasteiger partial charge is 0.301 e. The highest BCUT2D eigenvalue weighted by Crippen LogP contribution is 2.53. The van der Waals surface area contributed by atoms with Gasteiger partial charge in [0.2, 0.25) is 0 Å². The first-order valence-electron chi connectivity index (χ1n) is 15.1. The number of rotatable bonds is 11. The molecule has 1 aliphatic heterocycles. The molecule has 2 heterocycles. The van der Waals surface area contributed by atoms with E-state index in [0.29, 0.717) is 36.3 Å². The number of halogens is 1. The summed E-state index contributed by atoms with van der Waals surface area (Å²) in [4.78, 5) is 18.0. The molecule has 6 rings (SSSR count). The lowest BCUT2D eigenvalue weighted by atomic mass is 9.60. The molecule has 12 heteroatoms. The van der Waals surface area contributed by atoms with Gasteiger partial charge in [-0.3, -0.25) is 14.1 Å². The Morgan fingerprint density at radius 1 is 1.21 bits per heavy atom. The van der Waals surface area contributed by atoms with E-state index in [-0.39, 0.29) is 34.0 Å². The Kier molecular flexibility index (Phi) is 8.15. The van der Waals surface area contributed by atoms with E-state index in [1.54, 1.807) is 23.0 Å². The monoisotopic (exact) mass is 608 g/mol. The minimum atomic E-state index is -4.00. The summed E-state index contributed by atoms with van der Waals surface area (Å²) in [6, 6.07) is 8.92. The summed E-state index contributed by atoms with van der Waals surface area (Å²) in [6.45, 7) is 4.60. The molecule has 0 amide bonds. The van der Waals surface area contributed by atoms with Crippen LogP contribution in [0.3, 0.4) is 0 Å². The van der Waals surface area contributed by atoms with Crippen LogP contribution in [0.1, 0.15) is 69.9 Å². The van der Waals surface area contributed by atoms with E-state index in [4.69, 9.17) is 4.74 Å². The molecule has 3 fully saturated rings. The molecule has 1 spiro atoms. The third-order valence-electron chi connectivity index (χ3n) is 9.13. The zero-order valence-corrected chi connectivity index (χ0v) is 25.1. The molecule has 228 valence electrons. The SMILES string of the molecule is CCCN(CCC1CC1)S(=O)(=O)Nc1ccc(F)c(Oc2ccc3ncn(C4CC5(CCNCC5)C4)c(=O)c3c2)c1C#N. The zero-order valence-electron chi connectivity index (χ0n) is 24.3. The maximum Gasteiger partial charge on any atom is 0.301 e. The average molecular weight is 609 g/mol. The molecule has 3 aromatic rings. The van der Waals surface area contributed by atoms with Crippen molar-refractivity contribution in [3.8, 4) is 17.6 Å². The minimum absolute atomic E-state index is 0.0759. The van der Waals surface area contributed by atoms with Crippen LogP contribution in [0.2, 0.25) is 0 Å². The van der Waals surface area contributed by atoms with Crippen LogP contribution >= 0.6 is 0 Å². The number of benzene rings is 2. The van der Waals surface area contributed by atoms with E-state index in [0.717, 1.165) is 64.1 Å². The van der Waals surface area contributed by atoms with Gasteiger partial charge in [0, 0.05) is 19.1 Å². The number of hydrogen-bond donors (Lipinski definition) is 2. The fourth-order valence-corrected chi connectivity index (χ4v) is 7.80. The third kappa shape index (κ3) is 6.12. The topological polar surface area (TPSA) is 129 Å². The van der Waals surface area contributed by atoms with Crippen LogP contribution in [0.4, 0.5) is 10.1 Å². The zero-order chi connectivity index (χ0) is 30.2. The van der Waals surface area contributed by atoms with Crippen molar-refractivity contribution in [2.45, 2.75) is 64.3 Å². The Morgan fingerprint density at radius 3 is 2.67 bits per heavy atom. The van der Waals surface area contributed by atoms with Crippen molar-refractivity contribution in [1.29, 1.82) is 5.26 Å². The van der Waals surface area contributed by atoms with E-state index in [1.807, 2.05) is 13.0 Å². The van der Waals surface area contributed by atoms with Gasteiger partial charge in [-0.1, -0.05) is 19.8 Å². The molecular weight excluding hydrogens is 571 g/mol. The number of hydrogen-bond acceptors (Lipinski definition) is 7. The van der Waals surface area contributed by atoms with Crippen LogP contribution in [-0.4, -0.2) is 48.5 Å². The predicted octanol–water partition coefficient (Wildman–Crippen LogP) is 5.07. The van der Waals surface area contributed by atoms with Crippen molar-refractivity contribution in [2.24, 2.45) is 11.3 Å². The first kappa shape index (κ1) is 29.5. The van der Waals surface area contributed by atoms with Gasteiger partial charge in [0.1, 0.15) is 17.4 Å². The number of nitrogens with zero attached hydrogens (tertiary/aromatic N) is 4. The molecule has 2 aromatic carbocycles. The van der Waals surface area contributed by atoms with Gasteiger partial charge >= 0.3 is 10.2 Å². The van der Waals surface area contributed by atoms with Gasteiger partial charge in [-0.15, -0.1) is 0 Å². The normalized spacial score (nSPS) is 18.5.